The van der Waals surface area contributed by atoms with E-state index in [-0.39, 0.29) is 11.7 Å². The summed E-state index contributed by atoms with van der Waals surface area (Å²) in [7, 11) is 0. The van der Waals surface area contributed by atoms with Crippen molar-refractivity contribution in [3.8, 4) is 5.88 Å². The highest BCUT2D eigenvalue weighted by atomic mass is 19.1. The average molecular weight is 288 g/mol. The molecule has 0 aliphatic rings. The first-order valence-electron chi connectivity index (χ1n) is 6.70. The maximum Gasteiger partial charge on any atom is 0.257 e. The maximum atomic E-state index is 12.8. The summed E-state index contributed by atoms with van der Waals surface area (Å²) in [6.45, 7) is 4.67. The van der Waals surface area contributed by atoms with Crippen molar-refractivity contribution in [3.05, 3.63) is 54.0 Å². The van der Waals surface area contributed by atoms with Crippen LogP contribution < -0.4 is 10.1 Å². The molecular formula is C16H17FN2O2. The second-order valence-electron chi connectivity index (χ2n) is 5.05. The van der Waals surface area contributed by atoms with Gasteiger partial charge in [0.25, 0.3) is 5.91 Å². The number of pyridine rings is 1. The molecule has 0 fully saturated rings. The lowest BCUT2D eigenvalue weighted by atomic mass is 10.2. The van der Waals surface area contributed by atoms with Crippen molar-refractivity contribution < 1.29 is 13.9 Å². The summed E-state index contributed by atoms with van der Waals surface area (Å²) in [5, 5.41) is 2.67. The average Bonchev–Trinajstić information content (AvgIpc) is 2.48. The molecule has 4 nitrogen and oxygen atoms in total. The van der Waals surface area contributed by atoms with Crippen LogP contribution in [0.3, 0.4) is 0 Å². The van der Waals surface area contributed by atoms with Gasteiger partial charge in [0.05, 0.1) is 12.2 Å². The minimum absolute atomic E-state index is 0.301. The second kappa shape index (κ2) is 6.83. The lowest BCUT2D eigenvalue weighted by Gasteiger charge is -2.08. The number of nitrogens with one attached hydrogen (secondary N) is 1. The molecule has 5 heteroatoms. The van der Waals surface area contributed by atoms with E-state index in [4.69, 9.17) is 4.74 Å². The predicted octanol–water partition coefficient (Wildman–Crippen LogP) is 3.51. The van der Waals surface area contributed by atoms with Gasteiger partial charge in [-0.2, -0.15) is 0 Å². The van der Waals surface area contributed by atoms with Gasteiger partial charge in [-0.25, -0.2) is 9.37 Å². The third-order valence-corrected chi connectivity index (χ3v) is 2.67. The molecule has 0 aliphatic heterocycles. The zero-order valence-corrected chi connectivity index (χ0v) is 12.0. The first-order valence-corrected chi connectivity index (χ1v) is 6.70. The van der Waals surface area contributed by atoms with Gasteiger partial charge in [-0.05, 0) is 36.2 Å². The van der Waals surface area contributed by atoms with Gasteiger partial charge in [0.1, 0.15) is 5.82 Å². The highest BCUT2D eigenvalue weighted by Crippen LogP contribution is 2.12. The molecule has 110 valence electrons. The van der Waals surface area contributed by atoms with Crippen molar-refractivity contribution in [2.45, 2.75) is 13.8 Å². The standard InChI is InChI=1S/C16H17FN2O2/c1-11(2)10-21-15-8-3-12(9-18-15)16(20)19-14-6-4-13(17)5-7-14/h3-9,11H,10H2,1-2H3,(H,19,20). The molecule has 0 aliphatic carbocycles. The molecule has 1 amide bonds. The number of anilines is 1. The molecule has 21 heavy (non-hydrogen) atoms. The molecule has 0 saturated carbocycles. The van der Waals surface area contributed by atoms with Crippen LogP contribution in [0.5, 0.6) is 5.88 Å². The summed E-state index contributed by atoms with van der Waals surface area (Å²) in [6.07, 6.45) is 1.45. The highest BCUT2D eigenvalue weighted by molar-refractivity contribution is 6.04. The van der Waals surface area contributed by atoms with E-state index in [1.165, 1.54) is 30.5 Å². The highest BCUT2D eigenvalue weighted by Gasteiger charge is 2.07. The Morgan fingerprint density at radius 2 is 1.95 bits per heavy atom. The van der Waals surface area contributed by atoms with Crippen LogP contribution in [0.1, 0.15) is 24.2 Å². The van der Waals surface area contributed by atoms with Crippen LogP contribution in [0.15, 0.2) is 42.6 Å². The Morgan fingerprint density at radius 3 is 2.52 bits per heavy atom. The SMILES string of the molecule is CC(C)COc1ccc(C(=O)Nc2ccc(F)cc2)cn1. The molecular weight excluding hydrogens is 271 g/mol. The summed E-state index contributed by atoms with van der Waals surface area (Å²) in [6, 6.07) is 8.87. The van der Waals surface area contributed by atoms with E-state index in [9.17, 15) is 9.18 Å². The summed E-state index contributed by atoms with van der Waals surface area (Å²) in [4.78, 5) is 16.1. The number of carbonyl (C=O) groups excluding carboxylic acids is 1. The number of carbonyl (C=O) groups is 1. The summed E-state index contributed by atoms with van der Waals surface area (Å²) in [5.41, 5.74) is 0.942. The van der Waals surface area contributed by atoms with E-state index in [0.29, 0.717) is 29.7 Å². The smallest absolute Gasteiger partial charge is 0.257 e. The van der Waals surface area contributed by atoms with Gasteiger partial charge in [-0.15, -0.1) is 0 Å². The fourth-order valence-corrected chi connectivity index (χ4v) is 1.59. The normalized spacial score (nSPS) is 10.5. The van der Waals surface area contributed by atoms with Gasteiger partial charge >= 0.3 is 0 Å². The molecule has 0 spiro atoms. The van der Waals surface area contributed by atoms with Crippen LogP contribution in [0.4, 0.5) is 10.1 Å². The van der Waals surface area contributed by atoms with Crippen LogP contribution in [-0.4, -0.2) is 17.5 Å². The first kappa shape index (κ1) is 15.0. The number of benzene rings is 1. The monoisotopic (exact) mass is 288 g/mol. The fourth-order valence-electron chi connectivity index (χ4n) is 1.59. The van der Waals surface area contributed by atoms with Gasteiger partial charge in [0, 0.05) is 18.0 Å². The van der Waals surface area contributed by atoms with Crippen LogP contribution in [0, 0.1) is 11.7 Å². The van der Waals surface area contributed by atoms with E-state index in [2.05, 4.69) is 10.3 Å². The largest absolute Gasteiger partial charge is 0.477 e. The molecule has 0 saturated heterocycles. The van der Waals surface area contributed by atoms with Crippen LogP contribution in [0.25, 0.3) is 0 Å². The predicted molar refractivity (Wildman–Crippen MR) is 78.9 cm³/mol. The zero-order chi connectivity index (χ0) is 15.2. The van der Waals surface area contributed by atoms with Crippen LogP contribution in [-0.2, 0) is 0 Å². The molecule has 1 heterocycles. The van der Waals surface area contributed by atoms with E-state index in [1.807, 2.05) is 13.8 Å². The van der Waals surface area contributed by atoms with Crippen molar-refractivity contribution in [3.63, 3.8) is 0 Å². The van der Waals surface area contributed by atoms with Gasteiger partial charge in [0.15, 0.2) is 0 Å². The van der Waals surface area contributed by atoms with Crippen molar-refractivity contribution in [1.29, 1.82) is 0 Å². The summed E-state index contributed by atoms with van der Waals surface area (Å²) >= 11 is 0. The minimum Gasteiger partial charge on any atom is -0.477 e. The lowest BCUT2D eigenvalue weighted by molar-refractivity contribution is 0.102. The molecule has 0 unspecified atom stereocenters. The number of aromatic nitrogens is 1. The third-order valence-electron chi connectivity index (χ3n) is 2.67. The molecule has 0 radical (unpaired) electrons. The molecule has 0 atom stereocenters. The number of amides is 1. The minimum atomic E-state index is -0.346. The Balaban J connectivity index is 1.97. The molecule has 1 aromatic carbocycles. The van der Waals surface area contributed by atoms with Crippen molar-refractivity contribution in [2.75, 3.05) is 11.9 Å². The van der Waals surface area contributed by atoms with Gasteiger partial charge in [-0.1, -0.05) is 13.8 Å². The van der Waals surface area contributed by atoms with Crippen molar-refractivity contribution in [1.82, 2.24) is 4.98 Å². The third kappa shape index (κ3) is 4.56. The first-order chi connectivity index (χ1) is 10.0. The Labute approximate surface area is 123 Å². The maximum absolute atomic E-state index is 12.8. The Kier molecular flexibility index (Phi) is 4.87. The van der Waals surface area contributed by atoms with Gasteiger partial charge < -0.3 is 10.1 Å². The number of hydrogen-bond acceptors (Lipinski definition) is 3. The van der Waals surface area contributed by atoms with Gasteiger partial charge in [-0.3, -0.25) is 4.79 Å². The summed E-state index contributed by atoms with van der Waals surface area (Å²) < 4.78 is 18.2. The fraction of sp³-hybridized carbons (Fsp3) is 0.250. The molecule has 0 bridgehead atoms. The van der Waals surface area contributed by atoms with Crippen LogP contribution >= 0.6 is 0 Å². The molecule has 1 N–H and O–H groups in total. The zero-order valence-electron chi connectivity index (χ0n) is 12.0. The number of hydrogen-bond donors (Lipinski definition) is 1. The quantitative estimate of drug-likeness (QED) is 0.916. The van der Waals surface area contributed by atoms with E-state index < -0.39 is 0 Å². The molecule has 1 aromatic heterocycles. The molecule has 2 rings (SSSR count). The van der Waals surface area contributed by atoms with Crippen LogP contribution in [0.2, 0.25) is 0 Å². The Hall–Kier alpha value is -2.43. The summed E-state index contributed by atoms with van der Waals surface area (Å²) in [5.74, 6) is 0.251. The van der Waals surface area contributed by atoms with Gasteiger partial charge in [0.2, 0.25) is 5.88 Å². The van der Waals surface area contributed by atoms with Crippen molar-refractivity contribution >= 4 is 11.6 Å². The number of nitrogens with zero attached hydrogens (tertiary/aromatic N) is 1. The topological polar surface area (TPSA) is 51.2 Å². The second-order valence-corrected chi connectivity index (χ2v) is 5.05. The Bertz CT molecular complexity index is 595. The lowest BCUT2D eigenvalue weighted by Crippen LogP contribution is -2.12. The van der Waals surface area contributed by atoms with Crippen molar-refractivity contribution in [2.24, 2.45) is 5.92 Å². The number of halogens is 1. The van der Waals surface area contributed by atoms with E-state index in [0.717, 1.165) is 0 Å². The number of rotatable bonds is 5. The van der Waals surface area contributed by atoms with E-state index >= 15 is 0 Å². The van der Waals surface area contributed by atoms with E-state index in [1.54, 1.807) is 12.1 Å². The molecule has 2 aromatic rings. The number of ether oxygens (including phenoxy) is 1. The Morgan fingerprint density at radius 1 is 1.24 bits per heavy atom.